The highest BCUT2D eigenvalue weighted by molar-refractivity contribution is 5.86. The summed E-state index contributed by atoms with van der Waals surface area (Å²) in [6.45, 7) is 5.21. The number of carbonyl (C=O) groups is 1. The van der Waals surface area contributed by atoms with Gasteiger partial charge in [-0.05, 0) is 35.4 Å². The second-order valence-corrected chi connectivity index (χ2v) is 6.02. The minimum absolute atomic E-state index is 0.200. The van der Waals surface area contributed by atoms with E-state index in [0.29, 0.717) is 19.9 Å². The van der Waals surface area contributed by atoms with Crippen molar-refractivity contribution < 1.29 is 19.0 Å². The quantitative estimate of drug-likeness (QED) is 0.790. The molecule has 1 atom stereocenters. The molecule has 3 rings (SSSR count). The average Bonchev–Trinajstić information content (AvgIpc) is 2.65. The van der Waals surface area contributed by atoms with Crippen molar-refractivity contribution in [3.63, 3.8) is 0 Å². The van der Waals surface area contributed by atoms with Crippen molar-refractivity contribution in [2.75, 3.05) is 40.1 Å². The van der Waals surface area contributed by atoms with Crippen LogP contribution in [0.5, 0.6) is 5.75 Å². The molecule has 2 aromatic carbocycles. The van der Waals surface area contributed by atoms with Gasteiger partial charge in [0.2, 0.25) is 0 Å². The molecule has 0 saturated carbocycles. The number of methoxy groups -OCH3 is 1. The van der Waals surface area contributed by atoms with E-state index in [9.17, 15) is 4.79 Å². The molecule has 128 valence electrons. The van der Waals surface area contributed by atoms with Gasteiger partial charge < -0.3 is 14.2 Å². The lowest BCUT2D eigenvalue weighted by atomic mass is 9.98. The zero-order valence-electron chi connectivity index (χ0n) is 14.2. The monoisotopic (exact) mass is 329 g/mol. The first-order chi connectivity index (χ1) is 11.7. The van der Waals surface area contributed by atoms with Crippen molar-refractivity contribution in [3.8, 4) is 5.75 Å². The van der Waals surface area contributed by atoms with E-state index in [1.807, 2.05) is 43.3 Å². The molecule has 1 aliphatic rings. The number of esters is 1. The van der Waals surface area contributed by atoms with Crippen LogP contribution in [0.15, 0.2) is 36.4 Å². The van der Waals surface area contributed by atoms with Crippen molar-refractivity contribution in [2.45, 2.75) is 12.8 Å². The molecule has 0 unspecified atom stereocenters. The molecule has 1 heterocycles. The summed E-state index contributed by atoms with van der Waals surface area (Å²) in [5.74, 6) is 0.333. The molecule has 1 aliphatic heterocycles. The molecule has 5 heteroatoms. The molecule has 2 aromatic rings. The number of carbonyl (C=O) groups excluding carboxylic acids is 1. The van der Waals surface area contributed by atoms with Gasteiger partial charge in [-0.15, -0.1) is 0 Å². The standard InChI is InChI=1S/C19H23NO4/c1-14(19(21)24-13-20-7-9-23-10-8-20)15-3-4-17-12-18(22-2)6-5-16(17)11-15/h3-6,11-12,14H,7-10,13H2,1-2H3/t14-/m0/s1. The second kappa shape index (κ2) is 7.64. The zero-order chi connectivity index (χ0) is 16.9. The Morgan fingerprint density at radius 1 is 1.17 bits per heavy atom. The van der Waals surface area contributed by atoms with Crippen molar-refractivity contribution in [1.82, 2.24) is 4.90 Å². The van der Waals surface area contributed by atoms with Crippen LogP contribution in [0.3, 0.4) is 0 Å². The summed E-state index contributed by atoms with van der Waals surface area (Å²) in [6.07, 6.45) is 0. The number of benzene rings is 2. The topological polar surface area (TPSA) is 48.0 Å². The van der Waals surface area contributed by atoms with Crippen LogP contribution in [-0.4, -0.2) is 51.0 Å². The Kier molecular flexibility index (Phi) is 5.33. The third kappa shape index (κ3) is 3.86. The Balaban J connectivity index is 1.65. The van der Waals surface area contributed by atoms with Crippen LogP contribution in [0.2, 0.25) is 0 Å². The highest BCUT2D eigenvalue weighted by Crippen LogP contribution is 2.25. The Morgan fingerprint density at radius 2 is 1.88 bits per heavy atom. The van der Waals surface area contributed by atoms with Crippen LogP contribution in [-0.2, 0) is 14.3 Å². The number of rotatable bonds is 5. The van der Waals surface area contributed by atoms with Gasteiger partial charge in [0, 0.05) is 13.1 Å². The Morgan fingerprint density at radius 3 is 2.62 bits per heavy atom. The second-order valence-electron chi connectivity index (χ2n) is 6.02. The molecule has 5 nitrogen and oxygen atoms in total. The van der Waals surface area contributed by atoms with Crippen LogP contribution in [0, 0.1) is 0 Å². The third-order valence-corrected chi connectivity index (χ3v) is 4.42. The van der Waals surface area contributed by atoms with E-state index in [-0.39, 0.29) is 11.9 Å². The van der Waals surface area contributed by atoms with Crippen molar-refractivity contribution in [3.05, 3.63) is 42.0 Å². The summed E-state index contributed by atoms with van der Waals surface area (Å²) in [7, 11) is 1.65. The average molecular weight is 329 g/mol. The summed E-state index contributed by atoms with van der Waals surface area (Å²) >= 11 is 0. The highest BCUT2D eigenvalue weighted by Gasteiger charge is 2.19. The van der Waals surface area contributed by atoms with Crippen molar-refractivity contribution >= 4 is 16.7 Å². The van der Waals surface area contributed by atoms with Gasteiger partial charge in [0.15, 0.2) is 0 Å². The number of hydrogen-bond acceptors (Lipinski definition) is 5. The van der Waals surface area contributed by atoms with Crippen LogP contribution in [0.25, 0.3) is 10.8 Å². The summed E-state index contributed by atoms with van der Waals surface area (Å²) in [5, 5.41) is 2.17. The molecule has 0 spiro atoms. The number of hydrogen-bond donors (Lipinski definition) is 0. The Hall–Kier alpha value is -2.11. The van der Waals surface area contributed by atoms with Gasteiger partial charge in [0.1, 0.15) is 12.5 Å². The van der Waals surface area contributed by atoms with Gasteiger partial charge in [0.05, 0.1) is 26.2 Å². The fourth-order valence-corrected chi connectivity index (χ4v) is 2.78. The van der Waals surface area contributed by atoms with Gasteiger partial charge in [-0.3, -0.25) is 9.69 Å². The Bertz CT molecular complexity index is 710. The first-order valence-corrected chi connectivity index (χ1v) is 8.22. The summed E-state index contributed by atoms with van der Waals surface area (Å²) in [5.41, 5.74) is 0.958. The molecule has 0 bridgehead atoms. The first kappa shape index (κ1) is 16.7. The number of fused-ring (bicyclic) bond motifs is 1. The fraction of sp³-hybridized carbons (Fsp3) is 0.421. The molecule has 1 fully saturated rings. The van der Waals surface area contributed by atoms with E-state index in [1.54, 1.807) is 7.11 Å². The summed E-state index contributed by atoms with van der Waals surface area (Å²) < 4.78 is 16.0. The van der Waals surface area contributed by atoms with Crippen molar-refractivity contribution in [1.29, 1.82) is 0 Å². The lowest BCUT2D eigenvalue weighted by Gasteiger charge is -2.26. The smallest absolute Gasteiger partial charge is 0.314 e. The van der Waals surface area contributed by atoms with E-state index in [2.05, 4.69) is 4.90 Å². The highest BCUT2D eigenvalue weighted by atomic mass is 16.5. The van der Waals surface area contributed by atoms with Crippen molar-refractivity contribution in [2.24, 2.45) is 0 Å². The molecular weight excluding hydrogens is 306 g/mol. The van der Waals surface area contributed by atoms with Gasteiger partial charge in [-0.1, -0.05) is 24.3 Å². The maximum atomic E-state index is 12.3. The summed E-state index contributed by atoms with van der Waals surface area (Å²) in [4.78, 5) is 14.4. The predicted molar refractivity (Wildman–Crippen MR) is 92.3 cm³/mol. The molecular formula is C19H23NO4. The number of nitrogens with zero attached hydrogens (tertiary/aromatic N) is 1. The minimum Gasteiger partial charge on any atom is -0.497 e. The number of ether oxygens (including phenoxy) is 3. The van der Waals surface area contributed by atoms with Gasteiger partial charge in [0.25, 0.3) is 0 Å². The van der Waals surface area contributed by atoms with E-state index in [1.165, 1.54) is 0 Å². The van der Waals surface area contributed by atoms with Crippen LogP contribution in [0.1, 0.15) is 18.4 Å². The maximum Gasteiger partial charge on any atom is 0.314 e. The van der Waals surface area contributed by atoms with E-state index in [4.69, 9.17) is 14.2 Å². The van der Waals surface area contributed by atoms with Gasteiger partial charge in [-0.25, -0.2) is 0 Å². The van der Waals surface area contributed by atoms with E-state index in [0.717, 1.165) is 35.2 Å². The minimum atomic E-state index is -0.294. The molecule has 24 heavy (non-hydrogen) atoms. The van der Waals surface area contributed by atoms with Crippen LogP contribution >= 0.6 is 0 Å². The van der Waals surface area contributed by atoms with E-state index >= 15 is 0 Å². The molecule has 0 N–H and O–H groups in total. The normalized spacial score (nSPS) is 16.8. The SMILES string of the molecule is COc1ccc2cc([C@H](C)C(=O)OCN3CCOCC3)ccc2c1. The van der Waals surface area contributed by atoms with Crippen LogP contribution < -0.4 is 4.74 Å². The third-order valence-electron chi connectivity index (χ3n) is 4.42. The van der Waals surface area contributed by atoms with Gasteiger partial charge >= 0.3 is 5.97 Å². The lowest BCUT2D eigenvalue weighted by Crippen LogP contribution is -2.38. The van der Waals surface area contributed by atoms with Crippen LogP contribution in [0.4, 0.5) is 0 Å². The summed E-state index contributed by atoms with van der Waals surface area (Å²) in [6, 6.07) is 11.9. The lowest BCUT2D eigenvalue weighted by molar-refractivity contribution is -0.151. The molecule has 0 amide bonds. The predicted octanol–water partition coefficient (Wildman–Crippen LogP) is 2.78. The molecule has 0 radical (unpaired) electrons. The van der Waals surface area contributed by atoms with Gasteiger partial charge in [-0.2, -0.15) is 0 Å². The molecule has 1 saturated heterocycles. The first-order valence-electron chi connectivity index (χ1n) is 8.22. The maximum absolute atomic E-state index is 12.3. The molecule has 0 aromatic heterocycles. The fourth-order valence-electron chi connectivity index (χ4n) is 2.78. The van der Waals surface area contributed by atoms with E-state index < -0.39 is 0 Å². The largest absolute Gasteiger partial charge is 0.497 e. The Labute approximate surface area is 142 Å². The number of morpholine rings is 1. The molecule has 0 aliphatic carbocycles. The zero-order valence-corrected chi connectivity index (χ0v) is 14.2.